The molecule has 0 aliphatic carbocycles. The van der Waals surface area contributed by atoms with Crippen LogP contribution in [0.2, 0.25) is 0 Å². The number of piperidine rings is 1. The maximum Gasteiger partial charge on any atom is 0.222 e. The number of fused-ring (bicyclic) bond motifs is 1. The van der Waals surface area contributed by atoms with E-state index in [1.54, 1.807) is 18.2 Å². The minimum atomic E-state index is 0.0995. The molecule has 2 heterocycles. The smallest absolute Gasteiger partial charge is 0.222 e. The highest BCUT2D eigenvalue weighted by Gasteiger charge is 2.20. The molecule has 1 aliphatic rings. The molecular weight excluding hydrogens is 366 g/mol. The number of carbonyl (C=O) groups is 1. The Kier molecular flexibility index (Phi) is 5.47. The van der Waals surface area contributed by atoms with Crippen molar-refractivity contribution in [2.75, 3.05) is 20.2 Å². The average molecular weight is 393 g/mol. The van der Waals surface area contributed by atoms with Gasteiger partial charge in [-0.05, 0) is 67.1 Å². The third-order valence-electron chi connectivity index (χ3n) is 5.81. The predicted octanol–water partition coefficient (Wildman–Crippen LogP) is 5.01. The van der Waals surface area contributed by atoms with Crippen LogP contribution >= 0.6 is 0 Å². The van der Waals surface area contributed by atoms with E-state index in [-0.39, 0.29) is 11.7 Å². The van der Waals surface area contributed by atoms with Gasteiger partial charge < -0.3 is 19.2 Å². The number of phenolic OH excluding ortho intramolecular Hbond substituents is 1. The Bertz CT molecular complexity index is 1010. The molecule has 0 atom stereocenters. The zero-order valence-corrected chi connectivity index (χ0v) is 17.0. The van der Waals surface area contributed by atoms with Crippen LogP contribution in [0.5, 0.6) is 11.5 Å². The van der Waals surface area contributed by atoms with Crippen LogP contribution in [0, 0.1) is 5.92 Å². The van der Waals surface area contributed by atoms with Gasteiger partial charge in [-0.25, -0.2) is 0 Å². The number of phenols is 1. The van der Waals surface area contributed by atoms with Crippen molar-refractivity contribution in [2.45, 2.75) is 32.6 Å². The van der Waals surface area contributed by atoms with Crippen LogP contribution in [0.3, 0.4) is 0 Å². The molecule has 1 fully saturated rings. The second-order valence-corrected chi connectivity index (χ2v) is 7.93. The number of ether oxygens (including phenoxy) is 1. The average Bonchev–Trinajstić information content (AvgIpc) is 3.16. The lowest BCUT2D eigenvalue weighted by Crippen LogP contribution is -2.37. The fraction of sp³-hybridized carbons (Fsp3) is 0.375. The Morgan fingerprint density at radius 2 is 1.97 bits per heavy atom. The molecule has 0 radical (unpaired) electrons. The number of rotatable bonds is 5. The quantitative estimate of drug-likeness (QED) is 0.662. The number of likely N-dealkylation sites (tertiary alicyclic amines) is 1. The second kappa shape index (κ2) is 8.19. The number of aryl methyl sites for hydroxylation is 1. The van der Waals surface area contributed by atoms with E-state index in [2.05, 4.69) is 13.0 Å². The number of hydrogen-bond acceptors (Lipinski definition) is 4. The molecule has 0 spiro atoms. The number of nitrogens with zero attached hydrogens (tertiary/aromatic N) is 1. The number of carbonyl (C=O) groups excluding carboxylic acids is 1. The first-order chi connectivity index (χ1) is 14.0. The number of benzene rings is 2. The molecule has 5 nitrogen and oxygen atoms in total. The zero-order valence-electron chi connectivity index (χ0n) is 17.0. The minimum absolute atomic E-state index is 0.0995. The van der Waals surface area contributed by atoms with Crippen LogP contribution < -0.4 is 4.74 Å². The van der Waals surface area contributed by atoms with Crippen molar-refractivity contribution in [3.05, 3.63) is 48.0 Å². The largest absolute Gasteiger partial charge is 0.504 e. The van der Waals surface area contributed by atoms with Crippen molar-refractivity contribution in [1.82, 2.24) is 4.90 Å². The Labute approximate surface area is 170 Å². The number of aromatic hydroxyl groups is 1. The molecule has 4 rings (SSSR count). The van der Waals surface area contributed by atoms with E-state index in [0.29, 0.717) is 17.9 Å². The Balaban J connectivity index is 1.46. The lowest BCUT2D eigenvalue weighted by molar-refractivity contribution is -0.132. The summed E-state index contributed by atoms with van der Waals surface area (Å²) in [6.45, 7) is 4.03. The Morgan fingerprint density at radius 3 is 2.72 bits per heavy atom. The predicted molar refractivity (Wildman–Crippen MR) is 113 cm³/mol. The lowest BCUT2D eigenvalue weighted by atomic mass is 9.98. The molecule has 5 heteroatoms. The molecule has 2 aromatic carbocycles. The third kappa shape index (κ3) is 4.24. The van der Waals surface area contributed by atoms with E-state index in [1.807, 2.05) is 23.1 Å². The molecule has 0 unspecified atom stereocenters. The fourth-order valence-corrected chi connectivity index (χ4v) is 3.89. The highest BCUT2D eigenvalue weighted by molar-refractivity contribution is 5.84. The number of amides is 1. The number of furan rings is 1. The van der Waals surface area contributed by atoms with Crippen LogP contribution in [0.25, 0.3) is 22.3 Å². The summed E-state index contributed by atoms with van der Waals surface area (Å²) >= 11 is 0. The van der Waals surface area contributed by atoms with Crippen LogP contribution in [0.4, 0.5) is 0 Å². The molecule has 0 bridgehead atoms. The lowest BCUT2D eigenvalue weighted by Gasteiger charge is -2.30. The summed E-state index contributed by atoms with van der Waals surface area (Å²) in [6.07, 6.45) is 3.49. The molecule has 1 N–H and O–H groups in total. The Hall–Kier alpha value is -2.95. The van der Waals surface area contributed by atoms with E-state index in [1.165, 1.54) is 7.11 Å². The second-order valence-electron chi connectivity index (χ2n) is 7.93. The molecule has 3 aromatic rings. The normalized spacial score (nSPS) is 15.0. The summed E-state index contributed by atoms with van der Waals surface area (Å²) in [5.74, 6) is 2.21. The van der Waals surface area contributed by atoms with Crippen molar-refractivity contribution >= 4 is 16.9 Å². The molecule has 1 amide bonds. The van der Waals surface area contributed by atoms with Gasteiger partial charge in [-0.15, -0.1) is 0 Å². The third-order valence-corrected chi connectivity index (χ3v) is 5.81. The maximum absolute atomic E-state index is 12.5. The van der Waals surface area contributed by atoms with E-state index in [0.717, 1.165) is 60.4 Å². The summed E-state index contributed by atoms with van der Waals surface area (Å²) in [5, 5.41) is 10.8. The summed E-state index contributed by atoms with van der Waals surface area (Å²) in [5.41, 5.74) is 2.77. The van der Waals surface area contributed by atoms with Gasteiger partial charge in [-0.3, -0.25) is 4.79 Å². The first-order valence-electron chi connectivity index (χ1n) is 10.2. The molecule has 152 valence electrons. The molecule has 1 aliphatic heterocycles. The van der Waals surface area contributed by atoms with E-state index in [4.69, 9.17) is 9.15 Å². The minimum Gasteiger partial charge on any atom is -0.504 e. The summed E-state index contributed by atoms with van der Waals surface area (Å²) in [6, 6.07) is 13.2. The number of methoxy groups -OCH3 is 1. The zero-order chi connectivity index (χ0) is 20.4. The van der Waals surface area contributed by atoms with Crippen LogP contribution in [-0.2, 0) is 11.2 Å². The molecular formula is C24H27NO4. The number of hydrogen-bond donors (Lipinski definition) is 1. The van der Waals surface area contributed by atoms with Crippen molar-refractivity contribution < 1.29 is 19.1 Å². The van der Waals surface area contributed by atoms with Crippen molar-refractivity contribution in [3.63, 3.8) is 0 Å². The van der Waals surface area contributed by atoms with Crippen molar-refractivity contribution in [2.24, 2.45) is 5.92 Å². The monoisotopic (exact) mass is 393 g/mol. The molecule has 1 aromatic heterocycles. The van der Waals surface area contributed by atoms with Crippen molar-refractivity contribution in [3.8, 4) is 22.8 Å². The van der Waals surface area contributed by atoms with Crippen LogP contribution in [0.1, 0.15) is 31.7 Å². The molecule has 1 saturated heterocycles. The highest BCUT2D eigenvalue weighted by Crippen LogP contribution is 2.34. The van der Waals surface area contributed by atoms with Gasteiger partial charge in [-0.2, -0.15) is 0 Å². The van der Waals surface area contributed by atoms with E-state index >= 15 is 0 Å². The fourth-order valence-electron chi connectivity index (χ4n) is 3.89. The topological polar surface area (TPSA) is 62.9 Å². The summed E-state index contributed by atoms with van der Waals surface area (Å²) in [7, 11) is 1.52. The van der Waals surface area contributed by atoms with Crippen molar-refractivity contribution in [1.29, 1.82) is 0 Å². The van der Waals surface area contributed by atoms with Crippen LogP contribution in [0.15, 0.2) is 46.9 Å². The van der Waals surface area contributed by atoms with Gasteiger partial charge in [0.05, 0.1) is 7.11 Å². The first-order valence-corrected chi connectivity index (χ1v) is 10.2. The Morgan fingerprint density at radius 1 is 1.17 bits per heavy atom. The molecule has 29 heavy (non-hydrogen) atoms. The van der Waals surface area contributed by atoms with Gasteiger partial charge in [0.15, 0.2) is 11.5 Å². The van der Waals surface area contributed by atoms with Gasteiger partial charge >= 0.3 is 0 Å². The van der Waals surface area contributed by atoms with E-state index < -0.39 is 0 Å². The highest BCUT2D eigenvalue weighted by atomic mass is 16.5. The standard InChI is InChI=1S/C24H27NO4/c1-16-9-11-25(12-10-16)24(27)8-4-17-3-7-21-19(13-17)15-22(29-21)18-5-6-20(26)23(14-18)28-2/h3,5-7,13-16,26H,4,8-12H2,1-2H3. The van der Waals surface area contributed by atoms with E-state index in [9.17, 15) is 9.90 Å². The van der Waals surface area contributed by atoms with Crippen LogP contribution in [-0.4, -0.2) is 36.1 Å². The van der Waals surface area contributed by atoms with Gasteiger partial charge in [0.25, 0.3) is 0 Å². The maximum atomic E-state index is 12.5. The van der Waals surface area contributed by atoms with Gasteiger partial charge in [0, 0.05) is 30.5 Å². The SMILES string of the molecule is COc1cc(-c2cc3cc(CCC(=O)N4CCC(C)CC4)ccc3o2)ccc1O. The molecule has 0 saturated carbocycles. The summed E-state index contributed by atoms with van der Waals surface area (Å²) < 4.78 is 11.1. The van der Waals surface area contributed by atoms with Gasteiger partial charge in [0.1, 0.15) is 11.3 Å². The summed E-state index contributed by atoms with van der Waals surface area (Å²) in [4.78, 5) is 14.5. The van der Waals surface area contributed by atoms with Gasteiger partial charge in [0.2, 0.25) is 5.91 Å². The van der Waals surface area contributed by atoms with Gasteiger partial charge in [-0.1, -0.05) is 13.0 Å². The first kappa shape index (κ1) is 19.4.